The van der Waals surface area contributed by atoms with Gasteiger partial charge in [-0.2, -0.15) is 0 Å². The van der Waals surface area contributed by atoms with E-state index in [0.29, 0.717) is 5.78 Å². The molecule has 1 nitrogen and oxygen atoms in total. The first kappa shape index (κ1) is 14.4. The molecule has 0 spiro atoms. The molecule has 0 unspecified atom stereocenters. The number of hydrogen-bond donors (Lipinski definition) is 0. The van der Waals surface area contributed by atoms with Crippen molar-refractivity contribution in [3.63, 3.8) is 0 Å². The normalized spacial score (nSPS) is 10.4. The number of unbranched alkanes of at least 4 members (excludes halogenated alkanes) is 7. The summed E-state index contributed by atoms with van der Waals surface area (Å²) in [5.41, 5.74) is 0. The smallest absolute Gasteiger partial charge is 0.129 e. The third-order valence-electron chi connectivity index (χ3n) is 2.41. The molecule has 0 aromatic heterocycles. The second kappa shape index (κ2) is 11.5. The Morgan fingerprint density at radius 3 is 1.71 bits per heavy atom. The molecule has 0 aliphatic heterocycles. The highest BCUT2D eigenvalue weighted by atomic mass is 127. The SMILES string of the molecule is CC(=O)CCCCCCCCCCI. The molecule has 2 heteroatoms. The molecule has 0 aromatic rings. The van der Waals surface area contributed by atoms with Gasteiger partial charge in [-0.3, -0.25) is 0 Å². The number of hydrogen-bond acceptors (Lipinski definition) is 1. The lowest BCUT2D eigenvalue weighted by Crippen LogP contribution is -1.89. The van der Waals surface area contributed by atoms with E-state index >= 15 is 0 Å². The van der Waals surface area contributed by atoms with E-state index in [1.165, 1.54) is 49.4 Å². The van der Waals surface area contributed by atoms with Crippen LogP contribution in [0.25, 0.3) is 0 Å². The Hall–Kier alpha value is 0.400. The molecule has 0 aliphatic rings. The molecule has 0 radical (unpaired) electrons. The van der Waals surface area contributed by atoms with E-state index in [4.69, 9.17) is 0 Å². The largest absolute Gasteiger partial charge is 0.300 e. The van der Waals surface area contributed by atoms with E-state index in [2.05, 4.69) is 22.6 Å². The van der Waals surface area contributed by atoms with E-state index in [1.807, 2.05) is 0 Å². The highest BCUT2D eigenvalue weighted by Crippen LogP contribution is 2.10. The Balaban J connectivity index is 2.88. The molecule has 0 heterocycles. The molecule has 84 valence electrons. The van der Waals surface area contributed by atoms with Gasteiger partial charge in [0, 0.05) is 6.42 Å². The van der Waals surface area contributed by atoms with Crippen LogP contribution in [0.1, 0.15) is 64.7 Å². The first-order valence-electron chi connectivity index (χ1n) is 5.82. The Labute approximate surface area is 102 Å². The lowest BCUT2D eigenvalue weighted by Gasteiger charge is -2.00. The topological polar surface area (TPSA) is 17.1 Å². The number of carbonyl (C=O) groups excluding carboxylic acids is 1. The van der Waals surface area contributed by atoms with Crippen molar-refractivity contribution < 1.29 is 4.79 Å². The van der Waals surface area contributed by atoms with E-state index in [0.717, 1.165) is 12.8 Å². The molecule has 0 atom stereocenters. The molecule has 0 amide bonds. The van der Waals surface area contributed by atoms with Gasteiger partial charge in [-0.1, -0.05) is 61.1 Å². The summed E-state index contributed by atoms with van der Waals surface area (Å²) in [5, 5.41) is 0. The van der Waals surface area contributed by atoms with Crippen LogP contribution in [0, 0.1) is 0 Å². The van der Waals surface area contributed by atoms with Crippen LogP contribution in [0.3, 0.4) is 0 Å². The van der Waals surface area contributed by atoms with Crippen molar-refractivity contribution in [2.75, 3.05) is 4.43 Å². The number of halogens is 1. The Morgan fingerprint density at radius 1 is 0.857 bits per heavy atom. The maximum atomic E-state index is 10.7. The predicted molar refractivity (Wildman–Crippen MR) is 71.1 cm³/mol. The van der Waals surface area contributed by atoms with Crippen LogP contribution in [0.15, 0.2) is 0 Å². The summed E-state index contributed by atoms with van der Waals surface area (Å²) >= 11 is 2.44. The fourth-order valence-electron chi connectivity index (χ4n) is 1.53. The molecule has 0 aliphatic carbocycles. The van der Waals surface area contributed by atoms with Gasteiger partial charge in [0.15, 0.2) is 0 Å². The number of rotatable bonds is 10. The minimum absolute atomic E-state index is 0.340. The monoisotopic (exact) mass is 310 g/mol. The zero-order valence-corrected chi connectivity index (χ0v) is 11.5. The summed E-state index contributed by atoms with van der Waals surface area (Å²) in [5.74, 6) is 0.340. The predicted octanol–water partition coefficient (Wildman–Crippen LogP) is 4.52. The second-order valence-corrected chi connectivity index (χ2v) is 5.05. The van der Waals surface area contributed by atoms with E-state index in [1.54, 1.807) is 6.92 Å². The van der Waals surface area contributed by atoms with Gasteiger partial charge in [0.25, 0.3) is 0 Å². The highest BCUT2D eigenvalue weighted by Gasteiger charge is 1.94. The summed E-state index contributed by atoms with van der Waals surface area (Å²) in [7, 11) is 0. The van der Waals surface area contributed by atoms with Crippen LogP contribution in [0.2, 0.25) is 0 Å². The van der Waals surface area contributed by atoms with Gasteiger partial charge in [-0.15, -0.1) is 0 Å². The average molecular weight is 310 g/mol. The molecular weight excluding hydrogens is 287 g/mol. The van der Waals surface area contributed by atoms with Crippen LogP contribution in [-0.4, -0.2) is 10.2 Å². The lowest BCUT2D eigenvalue weighted by molar-refractivity contribution is -0.117. The van der Waals surface area contributed by atoms with Gasteiger partial charge in [0.05, 0.1) is 0 Å². The van der Waals surface area contributed by atoms with E-state index < -0.39 is 0 Å². The number of carbonyl (C=O) groups is 1. The maximum Gasteiger partial charge on any atom is 0.129 e. The third kappa shape index (κ3) is 12.4. The van der Waals surface area contributed by atoms with Crippen molar-refractivity contribution in [3.8, 4) is 0 Å². The summed E-state index contributed by atoms with van der Waals surface area (Å²) in [6, 6.07) is 0. The molecule has 0 saturated heterocycles. The highest BCUT2D eigenvalue weighted by molar-refractivity contribution is 14.1. The quantitative estimate of drug-likeness (QED) is 0.329. The summed E-state index contributed by atoms with van der Waals surface area (Å²) in [6.07, 6.45) is 11.4. The van der Waals surface area contributed by atoms with Gasteiger partial charge in [0.2, 0.25) is 0 Å². The van der Waals surface area contributed by atoms with Crippen molar-refractivity contribution >= 4 is 28.4 Å². The van der Waals surface area contributed by atoms with Crippen LogP contribution >= 0.6 is 22.6 Å². The average Bonchev–Trinajstić information content (AvgIpc) is 2.15. The molecular formula is C12H23IO. The molecule has 0 fully saturated rings. The Bertz CT molecular complexity index is 134. The molecule has 0 aromatic carbocycles. The van der Waals surface area contributed by atoms with Gasteiger partial charge in [0.1, 0.15) is 5.78 Å². The van der Waals surface area contributed by atoms with Gasteiger partial charge >= 0.3 is 0 Å². The first-order valence-corrected chi connectivity index (χ1v) is 7.35. The zero-order valence-electron chi connectivity index (χ0n) is 9.36. The first-order chi connectivity index (χ1) is 6.77. The van der Waals surface area contributed by atoms with Crippen LogP contribution in [0.5, 0.6) is 0 Å². The Morgan fingerprint density at radius 2 is 1.29 bits per heavy atom. The molecule has 14 heavy (non-hydrogen) atoms. The number of alkyl halides is 1. The van der Waals surface area contributed by atoms with E-state index in [9.17, 15) is 4.79 Å². The van der Waals surface area contributed by atoms with Gasteiger partial charge < -0.3 is 4.79 Å². The van der Waals surface area contributed by atoms with Crippen molar-refractivity contribution in [2.45, 2.75) is 64.7 Å². The number of Topliss-reactive ketones (excluding diaryl/α,β-unsaturated/α-hetero) is 1. The fraction of sp³-hybridized carbons (Fsp3) is 0.917. The van der Waals surface area contributed by atoms with Crippen molar-refractivity contribution in [1.29, 1.82) is 0 Å². The minimum Gasteiger partial charge on any atom is -0.300 e. The minimum atomic E-state index is 0.340. The van der Waals surface area contributed by atoms with Crippen LogP contribution < -0.4 is 0 Å². The molecule has 0 bridgehead atoms. The summed E-state index contributed by atoms with van der Waals surface area (Å²) in [4.78, 5) is 10.7. The van der Waals surface area contributed by atoms with Gasteiger partial charge in [-0.25, -0.2) is 0 Å². The maximum absolute atomic E-state index is 10.7. The van der Waals surface area contributed by atoms with Crippen molar-refractivity contribution in [1.82, 2.24) is 0 Å². The van der Waals surface area contributed by atoms with Crippen LogP contribution in [0.4, 0.5) is 0 Å². The summed E-state index contributed by atoms with van der Waals surface area (Å²) < 4.78 is 1.30. The standard InChI is InChI=1S/C12H23IO/c1-12(14)10-8-6-4-2-3-5-7-9-11-13/h2-11H2,1H3. The number of ketones is 1. The third-order valence-corrected chi connectivity index (χ3v) is 3.18. The van der Waals surface area contributed by atoms with Crippen molar-refractivity contribution in [3.05, 3.63) is 0 Å². The van der Waals surface area contributed by atoms with Crippen molar-refractivity contribution in [2.24, 2.45) is 0 Å². The fourth-order valence-corrected chi connectivity index (χ4v) is 2.07. The lowest BCUT2D eigenvalue weighted by atomic mass is 10.1. The molecule has 0 rings (SSSR count). The molecule has 0 N–H and O–H groups in total. The van der Waals surface area contributed by atoms with Gasteiger partial charge in [-0.05, 0) is 24.2 Å². The second-order valence-electron chi connectivity index (χ2n) is 3.97. The molecule has 0 saturated carbocycles. The van der Waals surface area contributed by atoms with E-state index in [-0.39, 0.29) is 0 Å². The summed E-state index contributed by atoms with van der Waals surface area (Å²) in [6.45, 7) is 1.68. The zero-order chi connectivity index (χ0) is 10.6. The van der Waals surface area contributed by atoms with Crippen LogP contribution in [-0.2, 0) is 4.79 Å². The Kier molecular flexibility index (Phi) is 11.8.